The minimum atomic E-state index is 0.644. The van der Waals surface area contributed by atoms with Gasteiger partial charge in [0.05, 0.1) is 23.8 Å². The summed E-state index contributed by atoms with van der Waals surface area (Å²) in [7, 11) is 0. The molecule has 124 valence electrons. The van der Waals surface area contributed by atoms with E-state index in [0.29, 0.717) is 18.3 Å². The summed E-state index contributed by atoms with van der Waals surface area (Å²) in [5.74, 6) is 2.21. The van der Waals surface area contributed by atoms with Crippen molar-refractivity contribution in [3.63, 3.8) is 0 Å². The molecule has 2 heterocycles. The molecule has 0 spiro atoms. The zero-order chi connectivity index (χ0) is 17.2. The van der Waals surface area contributed by atoms with Gasteiger partial charge in [-0.1, -0.05) is 35.9 Å². The van der Waals surface area contributed by atoms with E-state index in [4.69, 9.17) is 16.0 Å². The van der Waals surface area contributed by atoms with Gasteiger partial charge in [0.15, 0.2) is 0 Å². The molecule has 4 aromatic rings. The zero-order valence-electron chi connectivity index (χ0n) is 13.7. The third-order valence-corrected chi connectivity index (χ3v) is 4.21. The number of para-hydroxylation sites is 2. The van der Waals surface area contributed by atoms with E-state index in [1.165, 1.54) is 0 Å². The smallest absolute Gasteiger partial charge is 0.230 e. The summed E-state index contributed by atoms with van der Waals surface area (Å²) in [4.78, 5) is 9.19. The van der Waals surface area contributed by atoms with Crippen molar-refractivity contribution >= 4 is 34.8 Å². The molecule has 0 N–H and O–H groups in total. The van der Waals surface area contributed by atoms with Gasteiger partial charge in [-0.2, -0.15) is 0 Å². The maximum absolute atomic E-state index is 5.99. The van der Waals surface area contributed by atoms with Crippen molar-refractivity contribution in [3.05, 3.63) is 82.8 Å². The Hall–Kier alpha value is -2.85. The molecule has 0 unspecified atom stereocenters. The van der Waals surface area contributed by atoms with Crippen molar-refractivity contribution in [1.82, 2.24) is 9.55 Å². The van der Waals surface area contributed by atoms with Crippen molar-refractivity contribution in [1.29, 1.82) is 0 Å². The number of fused-ring (bicyclic) bond motifs is 1. The molecule has 4 nitrogen and oxygen atoms in total. The summed E-state index contributed by atoms with van der Waals surface area (Å²) in [6, 6.07) is 19.6. The van der Waals surface area contributed by atoms with Gasteiger partial charge in [-0.3, -0.25) is 0 Å². The molecular formula is C20H16ClN3O. The van der Waals surface area contributed by atoms with Crippen molar-refractivity contribution in [2.24, 2.45) is 4.99 Å². The zero-order valence-corrected chi connectivity index (χ0v) is 14.4. The molecule has 0 aliphatic rings. The van der Waals surface area contributed by atoms with Gasteiger partial charge in [0.25, 0.3) is 0 Å². The average Bonchev–Trinajstić information content (AvgIpc) is 3.19. The van der Waals surface area contributed by atoms with E-state index in [-0.39, 0.29) is 0 Å². The number of nitrogens with zero attached hydrogens (tertiary/aromatic N) is 3. The first kappa shape index (κ1) is 15.7. The van der Waals surface area contributed by atoms with Crippen LogP contribution >= 0.6 is 11.6 Å². The number of aromatic nitrogens is 2. The fourth-order valence-electron chi connectivity index (χ4n) is 2.73. The van der Waals surface area contributed by atoms with E-state index in [0.717, 1.165) is 27.4 Å². The highest BCUT2D eigenvalue weighted by Crippen LogP contribution is 2.23. The maximum atomic E-state index is 5.99. The van der Waals surface area contributed by atoms with Crippen LogP contribution in [0.2, 0.25) is 5.02 Å². The standard InChI is InChI=1S/C20H16ClN3O/c1-14-6-11-17(25-14)12-22-20-23-18-4-2-3-5-19(18)24(20)13-15-7-9-16(21)10-8-15/h2-12H,13H2,1H3. The van der Waals surface area contributed by atoms with Gasteiger partial charge < -0.3 is 8.98 Å². The molecule has 0 saturated heterocycles. The number of aryl methyl sites for hydroxylation is 1. The molecule has 2 aromatic heterocycles. The van der Waals surface area contributed by atoms with Crippen LogP contribution in [0.5, 0.6) is 0 Å². The predicted molar refractivity (Wildman–Crippen MR) is 101 cm³/mol. The first-order valence-electron chi connectivity index (χ1n) is 7.99. The van der Waals surface area contributed by atoms with E-state index in [1.807, 2.05) is 67.6 Å². The Kier molecular flexibility index (Phi) is 4.12. The summed E-state index contributed by atoms with van der Waals surface area (Å²) in [6.07, 6.45) is 1.70. The van der Waals surface area contributed by atoms with E-state index in [9.17, 15) is 0 Å². The molecule has 4 rings (SSSR count). The summed E-state index contributed by atoms with van der Waals surface area (Å²) >= 11 is 5.99. The number of halogens is 1. The quantitative estimate of drug-likeness (QED) is 0.463. The second kappa shape index (κ2) is 6.57. The van der Waals surface area contributed by atoms with Crippen LogP contribution in [0.15, 0.2) is 70.1 Å². The van der Waals surface area contributed by atoms with Crippen LogP contribution in [0, 0.1) is 6.92 Å². The number of furan rings is 1. The molecule has 0 aliphatic carbocycles. The van der Waals surface area contributed by atoms with Crippen LogP contribution in [-0.2, 0) is 6.54 Å². The van der Waals surface area contributed by atoms with Crippen molar-refractivity contribution in [2.45, 2.75) is 13.5 Å². The first-order chi connectivity index (χ1) is 12.2. The van der Waals surface area contributed by atoms with Gasteiger partial charge in [0.2, 0.25) is 5.95 Å². The van der Waals surface area contributed by atoms with Crippen LogP contribution in [0.4, 0.5) is 5.95 Å². The summed E-state index contributed by atoms with van der Waals surface area (Å²) in [5.41, 5.74) is 3.09. The van der Waals surface area contributed by atoms with Gasteiger partial charge in [-0.15, -0.1) is 0 Å². The third-order valence-electron chi connectivity index (χ3n) is 3.96. The Morgan fingerprint density at radius 3 is 2.64 bits per heavy atom. The monoisotopic (exact) mass is 349 g/mol. The molecule has 5 heteroatoms. The largest absolute Gasteiger partial charge is 0.460 e. The van der Waals surface area contributed by atoms with E-state index < -0.39 is 0 Å². The van der Waals surface area contributed by atoms with Crippen LogP contribution in [0.1, 0.15) is 17.1 Å². The van der Waals surface area contributed by atoms with Gasteiger partial charge in [-0.05, 0) is 48.9 Å². The lowest BCUT2D eigenvalue weighted by atomic mass is 10.2. The highest BCUT2D eigenvalue weighted by molar-refractivity contribution is 6.30. The van der Waals surface area contributed by atoms with Crippen molar-refractivity contribution in [2.75, 3.05) is 0 Å². The summed E-state index contributed by atoms with van der Waals surface area (Å²) in [5, 5.41) is 0.727. The highest BCUT2D eigenvalue weighted by atomic mass is 35.5. The van der Waals surface area contributed by atoms with E-state index in [2.05, 4.69) is 14.5 Å². The van der Waals surface area contributed by atoms with Gasteiger partial charge in [0, 0.05) is 5.02 Å². The Morgan fingerprint density at radius 2 is 1.88 bits per heavy atom. The SMILES string of the molecule is Cc1ccc(C=Nc2nc3ccccc3n2Cc2ccc(Cl)cc2)o1. The number of benzene rings is 2. The summed E-state index contributed by atoms with van der Waals surface area (Å²) < 4.78 is 7.64. The van der Waals surface area contributed by atoms with Crippen LogP contribution in [0.3, 0.4) is 0 Å². The molecule has 0 amide bonds. The second-order valence-corrected chi connectivity index (χ2v) is 6.26. The van der Waals surface area contributed by atoms with Gasteiger partial charge in [0.1, 0.15) is 11.5 Å². The number of hydrogen-bond acceptors (Lipinski definition) is 3. The molecule has 0 bridgehead atoms. The van der Waals surface area contributed by atoms with Crippen molar-refractivity contribution in [3.8, 4) is 0 Å². The Balaban J connectivity index is 1.75. The molecule has 0 atom stereocenters. The Morgan fingerprint density at radius 1 is 1.08 bits per heavy atom. The van der Waals surface area contributed by atoms with Gasteiger partial charge >= 0.3 is 0 Å². The molecule has 0 radical (unpaired) electrons. The highest BCUT2D eigenvalue weighted by Gasteiger charge is 2.10. The van der Waals surface area contributed by atoms with E-state index >= 15 is 0 Å². The van der Waals surface area contributed by atoms with Crippen LogP contribution in [0.25, 0.3) is 11.0 Å². The Labute approximate surface area is 150 Å². The molecular weight excluding hydrogens is 334 g/mol. The lowest BCUT2D eigenvalue weighted by Gasteiger charge is -2.07. The minimum absolute atomic E-state index is 0.644. The lowest BCUT2D eigenvalue weighted by Crippen LogP contribution is -1.99. The van der Waals surface area contributed by atoms with E-state index in [1.54, 1.807) is 6.21 Å². The molecule has 2 aromatic carbocycles. The number of imidazole rings is 1. The average molecular weight is 350 g/mol. The number of aliphatic imine (C=N–C) groups is 1. The summed E-state index contributed by atoms with van der Waals surface area (Å²) in [6.45, 7) is 2.58. The topological polar surface area (TPSA) is 43.3 Å². The molecule has 0 saturated carbocycles. The molecule has 0 fully saturated rings. The second-order valence-electron chi connectivity index (χ2n) is 5.82. The fraction of sp³-hybridized carbons (Fsp3) is 0.100. The van der Waals surface area contributed by atoms with Gasteiger partial charge in [-0.25, -0.2) is 9.98 Å². The first-order valence-corrected chi connectivity index (χ1v) is 8.37. The fourth-order valence-corrected chi connectivity index (χ4v) is 2.86. The normalized spacial score (nSPS) is 11.6. The Bertz CT molecular complexity index is 1040. The third kappa shape index (κ3) is 3.35. The van der Waals surface area contributed by atoms with Crippen molar-refractivity contribution < 1.29 is 4.42 Å². The molecule has 0 aliphatic heterocycles. The lowest BCUT2D eigenvalue weighted by molar-refractivity contribution is 0.528. The molecule has 25 heavy (non-hydrogen) atoms. The maximum Gasteiger partial charge on any atom is 0.230 e. The number of hydrogen-bond donors (Lipinski definition) is 0. The van der Waals surface area contributed by atoms with Crippen LogP contribution in [-0.4, -0.2) is 15.8 Å². The van der Waals surface area contributed by atoms with Crippen LogP contribution < -0.4 is 0 Å². The minimum Gasteiger partial charge on any atom is -0.460 e. The predicted octanol–water partition coefficient (Wildman–Crippen LogP) is 5.39. The number of rotatable bonds is 4.